The maximum Gasteiger partial charge on any atom is 0.270 e. The normalized spacial score (nSPS) is 20.1. The number of nitriles is 1. The molecule has 2 aliphatic heterocycles. The Hall–Kier alpha value is -3.11. The van der Waals surface area contributed by atoms with Crippen molar-refractivity contribution in [1.82, 2.24) is 14.4 Å². The zero-order chi connectivity index (χ0) is 22.6. The number of amides is 1. The van der Waals surface area contributed by atoms with Crippen molar-refractivity contribution in [2.75, 3.05) is 33.2 Å². The van der Waals surface area contributed by atoms with Crippen molar-refractivity contribution < 1.29 is 10.0 Å². The number of benzene rings is 1. The van der Waals surface area contributed by atoms with E-state index >= 15 is 0 Å². The Bertz CT molecular complexity index is 1010. The molecule has 0 atom stereocenters. The molecule has 1 amide bonds. The minimum Gasteiger partial charge on any atom is -0.411 e. The van der Waals surface area contributed by atoms with Gasteiger partial charge in [-0.2, -0.15) is 5.26 Å². The summed E-state index contributed by atoms with van der Waals surface area (Å²) in [7, 11) is 1.79. The monoisotopic (exact) mass is 433 g/mol. The predicted molar refractivity (Wildman–Crippen MR) is 123 cm³/mol. The molecule has 0 bridgehead atoms. The highest BCUT2D eigenvalue weighted by atomic mass is 16.4. The summed E-state index contributed by atoms with van der Waals surface area (Å²) in [6.45, 7) is 4.17. The molecule has 4 rings (SSSR count). The number of nitrogens with zero attached hydrogens (tertiary/aromatic N) is 5. The van der Waals surface area contributed by atoms with Gasteiger partial charge in [-0.15, -0.1) is 0 Å². The SMILES string of the molecule is CN1CCC(=NO)c2ccn(CCCCN3CCC(C#N)(c4ccccc4)CC3)c2C1=O. The molecular formula is C25H31N5O2. The van der Waals surface area contributed by atoms with Crippen LogP contribution in [0, 0.1) is 11.3 Å². The van der Waals surface area contributed by atoms with Crippen LogP contribution in [-0.2, 0) is 12.0 Å². The Morgan fingerprint density at radius 1 is 1.09 bits per heavy atom. The van der Waals surface area contributed by atoms with Gasteiger partial charge in [-0.3, -0.25) is 4.79 Å². The number of carbonyl (C=O) groups excluding carboxylic acids is 1. The molecule has 1 fully saturated rings. The quantitative estimate of drug-likeness (QED) is 0.429. The number of likely N-dealkylation sites (tertiary alicyclic amines) is 1. The number of unbranched alkanes of at least 4 members (excludes halogenated alkanes) is 1. The molecule has 0 saturated carbocycles. The largest absolute Gasteiger partial charge is 0.411 e. The van der Waals surface area contributed by atoms with Crippen LogP contribution in [-0.4, -0.2) is 64.4 Å². The third-order valence-electron chi connectivity index (χ3n) is 7.00. The summed E-state index contributed by atoms with van der Waals surface area (Å²) in [4.78, 5) is 16.9. The van der Waals surface area contributed by atoms with E-state index in [1.165, 1.54) is 0 Å². The smallest absolute Gasteiger partial charge is 0.270 e. The van der Waals surface area contributed by atoms with E-state index in [4.69, 9.17) is 0 Å². The third kappa shape index (κ3) is 4.28. The van der Waals surface area contributed by atoms with Gasteiger partial charge in [-0.25, -0.2) is 0 Å². The molecule has 2 aliphatic rings. The predicted octanol–water partition coefficient (Wildman–Crippen LogP) is 3.48. The number of hydrogen-bond donors (Lipinski definition) is 1. The van der Waals surface area contributed by atoms with Gasteiger partial charge < -0.3 is 19.6 Å². The summed E-state index contributed by atoms with van der Waals surface area (Å²) in [5, 5.41) is 22.6. The molecule has 3 heterocycles. The number of carbonyl (C=O) groups is 1. The van der Waals surface area contributed by atoms with E-state index in [0.29, 0.717) is 24.4 Å². The number of rotatable bonds is 6. The number of hydrogen-bond acceptors (Lipinski definition) is 5. The van der Waals surface area contributed by atoms with Crippen molar-refractivity contribution in [2.24, 2.45) is 5.16 Å². The minimum atomic E-state index is -0.362. The molecule has 1 N–H and O–H groups in total. The van der Waals surface area contributed by atoms with Crippen LogP contribution in [0.15, 0.2) is 47.8 Å². The van der Waals surface area contributed by atoms with Crippen LogP contribution in [0.2, 0.25) is 0 Å². The van der Waals surface area contributed by atoms with E-state index in [1.807, 2.05) is 35.0 Å². The molecular weight excluding hydrogens is 402 g/mol. The van der Waals surface area contributed by atoms with Gasteiger partial charge in [0.05, 0.1) is 17.2 Å². The Balaban J connectivity index is 1.31. The molecule has 0 aliphatic carbocycles. The summed E-state index contributed by atoms with van der Waals surface area (Å²) in [5.41, 5.74) is 2.71. The van der Waals surface area contributed by atoms with E-state index in [0.717, 1.165) is 63.0 Å². The van der Waals surface area contributed by atoms with Crippen LogP contribution in [0.1, 0.15) is 53.7 Å². The van der Waals surface area contributed by atoms with E-state index in [9.17, 15) is 15.3 Å². The second-order valence-corrected chi connectivity index (χ2v) is 8.90. The number of aromatic nitrogens is 1. The van der Waals surface area contributed by atoms with E-state index in [2.05, 4.69) is 28.3 Å². The molecule has 7 nitrogen and oxygen atoms in total. The Morgan fingerprint density at radius 2 is 1.81 bits per heavy atom. The van der Waals surface area contributed by atoms with Gasteiger partial charge in [0.2, 0.25) is 0 Å². The average Bonchev–Trinajstić information content (AvgIpc) is 3.21. The van der Waals surface area contributed by atoms with Crippen LogP contribution in [0.25, 0.3) is 0 Å². The van der Waals surface area contributed by atoms with Gasteiger partial charge in [0.25, 0.3) is 5.91 Å². The van der Waals surface area contributed by atoms with Crippen molar-refractivity contribution in [3.05, 3.63) is 59.4 Å². The van der Waals surface area contributed by atoms with E-state index in [1.54, 1.807) is 11.9 Å². The first-order chi connectivity index (χ1) is 15.6. The lowest BCUT2D eigenvalue weighted by Crippen LogP contribution is -2.42. The van der Waals surface area contributed by atoms with Crippen molar-refractivity contribution in [3.8, 4) is 6.07 Å². The molecule has 0 unspecified atom stereocenters. The van der Waals surface area contributed by atoms with E-state index < -0.39 is 0 Å². The summed E-state index contributed by atoms with van der Waals surface area (Å²) < 4.78 is 2.00. The Kier molecular flexibility index (Phi) is 6.61. The molecule has 1 saturated heterocycles. The maximum absolute atomic E-state index is 12.8. The Morgan fingerprint density at radius 3 is 2.50 bits per heavy atom. The van der Waals surface area contributed by atoms with Gasteiger partial charge in [0.15, 0.2) is 0 Å². The molecule has 168 valence electrons. The fraction of sp³-hybridized carbons (Fsp3) is 0.480. The van der Waals surface area contributed by atoms with Crippen molar-refractivity contribution in [1.29, 1.82) is 5.26 Å². The highest BCUT2D eigenvalue weighted by molar-refractivity contribution is 6.11. The van der Waals surface area contributed by atoms with Crippen LogP contribution < -0.4 is 0 Å². The third-order valence-corrected chi connectivity index (χ3v) is 7.00. The number of fused-ring (bicyclic) bond motifs is 1. The first-order valence-electron chi connectivity index (χ1n) is 11.4. The van der Waals surface area contributed by atoms with Crippen LogP contribution in [0.4, 0.5) is 0 Å². The lowest BCUT2D eigenvalue weighted by atomic mass is 9.74. The standard InChI is InChI=1S/C25H31N5O2/c1-28-15-10-22(27-32)21-9-16-30(23(21)24(28)31)14-6-5-13-29-17-11-25(19-26,12-18-29)20-7-3-2-4-8-20/h2-4,7-9,16,32H,5-6,10-15,17-18H2,1H3. The van der Waals surface area contributed by atoms with Crippen LogP contribution in [0.5, 0.6) is 0 Å². The molecule has 7 heteroatoms. The topological polar surface area (TPSA) is 84.9 Å². The number of piperidine rings is 1. The first kappa shape index (κ1) is 22.1. The molecule has 0 spiro atoms. The highest BCUT2D eigenvalue weighted by Crippen LogP contribution is 2.34. The fourth-order valence-corrected chi connectivity index (χ4v) is 4.92. The average molecular weight is 434 g/mol. The number of aryl methyl sites for hydroxylation is 1. The fourth-order valence-electron chi connectivity index (χ4n) is 4.92. The Labute approximate surface area is 189 Å². The second kappa shape index (κ2) is 9.58. The van der Waals surface area contributed by atoms with Gasteiger partial charge in [0.1, 0.15) is 5.69 Å². The summed E-state index contributed by atoms with van der Waals surface area (Å²) in [6.07, 6.45) is 6.20. The second-order valence-electron chi connectivity index (χ2n) is 8.90. The van der Waals surface area contributed by atoms with E-state index in [-0.39, 0.29) is 11.3 Å². The maximum atomic E-state index is 12.8. The molecule has 2 aromatic rings. The zero-order valence-corrected chi connectivity index (χ0v) is 18.7. The summed E-state index contributed by atoms with van der Waals surface area (Å²) >= 11 is 0. The molecule has 1 aromatic heterocycles. The van der Waals surface area contributed by atoms with Gasteiger partial charge in [0, 0.05) is 38.3 Å². The lowest BCUT2D eigenvalue weighted by Gasteiger charge is -2.37. The summed E-state index contributed by atoms with van der Waals surface area (Å²) in [5.74, 6) is -0.0200. The summed E-state index contributed by atoms with van der Waals surface area (Å²) in [6, 6.07) is 14.7. The first-order valence-corrected chi connectivity index (χ1v) is 11.4. The van der Waals surface area contributed by atoms with Gasteiger partial charge in [-0.1, -0.05) is 35.5 Å². The molecule has 32 heavy (non-hydrogen) atoms. The van der Waals surface area contributed by atoms with Gasteiger partial charge in [-0.05, 0) is 56.9 Å². The molecule has 1 aromatic carbocycles. The van der Waals surface area contributed by atoms with Crippen LogP contribution in [0.3, 0.4) is 0 Å². The van der Waals surface area contributed by atoms with Crippen molar-refractivity contribution >= 4 is 11.6 Å². The van der Waals surface area contributed by atoms with Crippen molar-refractivity contribution in [3.63, 3.8) is 0 Å². The zero-order valence-electron chi connectivity index (χ0n) is 18.7. The highest BCUT2D eigenvalue weighted by Gasteiger charge is 2.36. The molecule has 0 radical (unpaired) electrons. The number of oxime groups is 1. The van der Waals surface area contributed by atoms with Crippen LogP contribution >= 0.6 is 0 Å². The minimum absolute atomic E-state index is 0.0200. The lowest BCUT2D eigenvalue weighted by molar-refractivity contribution is 0.0790. The van der Waals surface area contributed by atoms with Gasteiger partial charge >= 0.3 is 0 Å². The van der Waals surface area contributed by atoms with Crippen molar-refractivity contribution in [2.45, 2.75) is 44.1 Å².